The van der Waals surface area contributed by atoms with Crippen molar-refractivity contribution in [3.63, 3.8) is 0 Å². The van der Waals surface area contributed by atoms with E-state index in [2.05, 4.69) is 41.6 Å². The summed E-state index contributed by atoms with van der Waals surface area (Å²) < 4.78 is 5.54. The molecule has 1 fully saturated rings. The topological polar surface area (TPSA) is 45.7 Å². The number of nitrogens with zero attached hydrogens (tertiary/aromatic N) is 1. The molecule has 110 valence electrons. The van der Waals surface area contributed by atoms with E-state index in [1.54, 1.807) is 7.11 Å². The second kappa shape index (κ2) is 7.29. The maximum Gasteiger partial charge on any atom is 0.191 e. The molecule has 0 radical (unpaired) electrons. The predicted molar refractivity (Wildman–Crippen MR) is 82.9 cm³/mol. The van der Waals surface area contributed by atoms with Crippen LogP contribution in [0.25, 0.3) is 0 Å². The summed E-state index contributed by atoms with van der Waals surface area (Å²) in [5, 5.41) is 6.74. The normalized spacial score (nSPS) is 23.2. The molecular weight excluding hydrogens is 250 g/mol. The molecular formula is C16H25N3O. The number of nitrogens with one attached hydrogen (secondary N) is 2. The van der Waals surface area contributed by atoms with Gasteiger partial charge in [-0.2, -0.15) is 0 Å². The lowest BCUT2D eigenvalue weighted by atomic mass is 10.1. The van der Waals surface area contributed by atoms with Crippen LogP contribution in [0.15, 0.2) is 35.3 Å². The zero-order chi connectivity index (χ0) is 14.4. The predicted octanol–water partition coefficient (Wildman–Crippen LogP) is 2.34. The Balaban J connectivity index is 1.95. The van der Waals surface area contributed by atoms with Crippen molar-refractivity contribution < 1.29 is 4.74 Å². The first-order valence-corrected chi connectivity index (χ1v) is 7.37. The van der Waals surface area contributed by atoms with Crippen LogP contribution in [0.2, 0.25) is 0 Å². The highest BCUT2D eigenvalue weighted by atomic mass is 16.5. The molecule has 1 aromatic rings. The smallest absolute Gasteiger partial charge is 0.191 e. The summed E-state index contributed by atoms with van der Waals surface area (Å²) in [5.74, 6) is 1.64. The molecule has 0 bridgehead atoms. The van der Waals surface area contributed by atoms with Crippen molar-refractivity contribution in [2.24, 2.45) is 10.9 Å². The summed E-state index contributed by atoms with van der Waals surface area (Å²) in [6, 6.07) is 10.8. The number of methoxy groups -OCH3 is 1. The zero-order valence-corrected chi connectivity index (χ0v) is 12.6. The minimum absolute atomic E-state index is 0.00304. The SMILES string of the molecule is CCNC(=NCC(OC)c1ccccc1)NC1CC1C. The van der Waals surface area contributed by atoms with E-state index in [-0.39, 0.29) is 6.10 Å². The Hall–Kier alpha value is -1.55. The van der Waals surface area contributed by atoms with Gasteiger partial charge >= 0.3 is 0 Å². The third-order valence-corrected chi connectivity index (χ3v) is 3.65. The van der Waals surface area contributed by atoms with E-state index < -0.39 is 0 Å². The molecule has 2 rings (SSSR count). The van der Waals surface area contributed by atoms with Crippen LogP contribution in [0.4, 0.5) is 0 Å². The average Bonchev–Trinajstić information content (AvgIpc) is 3.16. The summed E-state index contributed by atoms with van der Waals surface area (Å²) in [6.07, 6.45) is 1.24. The minimum atomic E-state index is 0.00304. The van der Waals surface area contributed by atoms with Crippen LogP contribution in [0, 0.1) is 5.92 Å². The summed E-state index contributed by atoms with van der Waals surface area (Å²) in [5.41, 5.74) is 1.16. The summed E-state index contributed by atoms with van der Waals surface area (Å²) in [6.45, 7) is 5.83. The lowest BCUT2D eigenvalue weighted by molar-refractivity contribution is 0.111. The maximum atomic E-state index is 5.54. The fraction of sp³-hybridized carbons (Fsp3) is 0.562. The van der Waals surface area contributed by atoms with Crippen molar-refractivity contribution in [1.29, 1.82) is 0 Å². The molecule has 2 N–H and O–H groups in total. The molecule has 1 aliphatic carbocycles. The maximum absolute atomic E-state index is 5.54. The highest BCUT2D eigenvalue weighted by Gasteiger charge is 2.33. The van der Waals surface area contributed by atoms with Crippen molar-refractivity contribution in [2.75, 3.05) is 20.2 Å². The Morgan fingerprint density at radius 2 is 2.10 bits per heavy atom. The van der Waals surface area contributed by atoms with Gasteiger partial charge in [-0.15, -0.1) is 0 Å². The van der Waals surface area contributed by atoms with Gasteiger partial charge < -0.3 is 15.4 Å². The molecule has 0 spiro atoms. The van der Waals surface area contributed by atoms with E-state index >= 15 is 0 Å². The van der Waals surface area contributed by atoms with Crippen molar-refractivity contribution in [2.45, 2.75) is 32.4 Å². The summed E-state index contributed by atoms with van der Waals surface area (Å²) >= 11 is 0. The second-order valence-electron chi connectivity index (χ2n) is 5.32. The molecule has 4 heteroatoms. The van der Waals surface area contributed by atoms with Gasteiger partial charge in [0.1, 0.15) is 6.10 Å². The van der Waals surface area contributed by atoms with E-state index in [0.717, 1.165) is 24.0 Å². The van der Waals surface area contributed by atoms with Gasteiger partial charge in [0.05, 0.1) is 6.54 Å². The van der Waals surface area contributed by atoms with Gasteiger partial charge in [0.25, 0.3) is 0 Å². The van der Waals surface area contributed by atoms with Crippen LogP contribution in [-0.2, 0) is 4.74 Å². The first-order valence-electron chi connectivity index (χ1n) is 7.37. The number of benzene rings is 1. The van der Waals surface area contributed by atoms with E-state index in [1.165, 1.54) is 6.42 Å². The molecule has 0 aromatic heterocycles. The third kappa shape index (κ3) is 4.23. The van der Waals surface area contributed by atoms with Gasteiger partial charge in [-0.3, -0.25) is 4.99 Å². The molecule has 3 unspecified atom stereocenters. The van der Waals surface area contributed by atoms with Crippen molar-refractivity contribution in [3.8, 4) is 0 Å². The van der Waals surface area contributed by atoms with Crippen molar-refractivity contribution >= 4 is 5.96 Å². The molecule has 0 amide bonds. The minimum Gasteiger partial charge on any atom is -0.375 e. The Labute approximate surface area is 121 Å². The fourth-order valence-electron chi connectivity index (χ4n) is 2.18. The molecule has 4 nitrogen and oxygen atoms in total. The molecule has 20 heavy (non-hydrogen) atoms. The number of guanidine groups is 1. The van der Waals surface area contributed by atoms with Gasteiger partial charge in [0.15, 0.2) is 5.96 Å². The largest absolute Gasteiger partial charge is 0.375 e. The van der Waals surface area contributed by atoms with Gasteiger partial charge in [0, 0.05) is 19.7 Å². The van der Waals surface area contributed by atoms with E-state index in [0.29, 0.717) is 12.6 Å². The van der Waals surface area contributed by atoms with Crippen LogP contribution in [0.5, 0.6) is 0 Å². The lowest BCUT2D eigenvalue weighted by Gasteiger charge is -2.15. The first kappa shape index (κ1) is 14.9. The number of aliphatic imine (C=N–C) groups is 1. The van der Waals surface area contributed by atoms with Crippen LogP contribution in [0.1, 0.15) is 31.9 Å². The second-order valence-corrected chi connectivity index (χ2v) is 5.32. The Morgan fingerprint density at radius 1 is 1.40 bits per heavy atom. The van der Waals surface area contributed by atoms with E-state index in [9.17, 15) is 0 Å². The standard InChI is InChI=1S/C16H25N3O/c1-4-17-16(19-14-10-12(14)2)18-11-15(20-3)13-8-6-5-7-9-13/h5-9,12,14-15H,4,10-11H2,1-3H3,(H2,17,18,19). The first-order chi connectivity index (χ1) is 9.74. The molecule has 0 saturated heterocycles. The number of rotatable bonds is 6. The average molecular weight is 275 g/mol. The van der Waals surface area contributed by atoms with Crippen LogP contribution < -0.4 is 10.6 Å². The zero-order valence-electron chi connectivity index (χ0n) is 12.6. The fourth-order valence-corrected chi connectivity index (χ4v) is 2.18. The summed E-state index contributed by atoms with van der Waals surface area (Å²) in [7, 11) is 1.73. The molecule has 1 aromatic carbocycles. The number of hydrogen-bond donors (Lipinski definition) is 2. The van der Waals surface area contributed by atoms with Crippen molar-refractivity contribution in [1.82, 2.24) is 10.6 Å². The van der Waals surface area contributed by atoms with Gasteiger partial charge in [-0.25, -0.2) is 0 Å². The van der Waals surface area contributed by atoms with E-state index in [4.69, 9.17) is 4.74 Å². The Kier molecular flexibility index (Phi) is 5.41. The van der Waals surface area contributed by atoms with Gasteiger partial charge in [0.2, 0.25) is 0 Å². The summed E-state index contributed by atoms with van der Waals surface area (Å²) in [4.78, 5) is 4.65. The van der Waals surface area contributed by atoms with Crippen LogP contribution in [0.3, 0.4) is 0 Å². The molecule has 0 heterocycles. The Bertz CT molecular complexity index is 433. The third-order valence-electron chi connectivity index (χ3n) is 3.65. The van der Waals surface area contributed by atoms with Crippen LogP contribution in [-0.4, -0.2) is 32.2 Å². The number of ether oxygens (including phenoxy) is 1. The lowest BCUT2D eigenvalue weighted by Crippen LogP contribution is -2.39. The molecule has 1 saturated carbocycles. The quantitative estimate of drug-likeness (QED) is 0.619. The Morgan fingerprint density at radius 3 is 2.65 bits per heavy atom. The van der Waals surface area contributed by atoms with E-state index in [1.807, 2.05) is 18.2 Å². The highest BCUT2D eigenvalue weighted by Crippen LogP contribution is 2.28. The monoisotopic (exact) mass is 275 g/mol. The highest BCUT2D eigenvalue weighted by molar-refractivity contribution is 5.80. The molecule has 1 aliphatic rings. The van der Waals surface area contributed by atoms with Gasteiger partial charge in [-0.1, -0.05) is 37.3 Å². The molecule has 0 aliphatic heterocycles. The van der Waals surface area contributed by atoms with Gasteiger partial charge in [-0.05, 0) is 24.8 Å². The number of hydrogen-bond acceptors (Lipinski definition) is 2. The van der Waals surface area contributed by atoms with Crippen LogP contribution >= 0.6 is 0 Å². The van der Waals surface area contributed by atoms with Crippen molar-refractivity contribution in [3.05, 3.63) is 35.9 Å². The molecule has 3 atom stereocenters.